The number of aryl methyl sites for hydroxylation is 1. The van der Waals surface area contributed by atoms with E-state index in [1.807, 2.05) is 0 Å². The van der Waals surface area contributed by atoms with Gasteiger partial charge in [0.2, 0.25) is 5.95 Å². The first-order valence-electron chi connectivity index (χ1n) is 6.87. The van der Waals surface area contributed by atoms with Crippen molar-refractivity contribution in [2.75, 3.05) is 11.1 Å². The number of nitrogen functional groups attached to an aromatic ring is 1. The lowest BCUT2D eigenvalue weighted by molar-refractivity contribution is 0.661. The van der Waals surface area contributed by atoms with Gasteiger partial charge in [-0.1, -0.05) is 35.9 Å². The summed E-state index contributed by atoms with van der Waals surface area (Å²) < 4.78 is 0. The summed E-state index contributed by atoms with van der Waals surface area (Å²) in [6.45, 7) is 0. The van der Waals surface area contributed by atoms with Crippen molar-refractivity contribution in [2.24, 2.45) is 5.92 Å². The largest absolute Gasteiger partial charge is 0.368 e. The number of fused-ring (bicyclic) bond motifs is 3. The van der Waals surface area contributed by atoms with E-state index in [4.69, 9.17) is 17.3 Å². The summed E-state index contributed by atoms with van der Waals surface area (Å²) in [6, 6.07) is 10.9. The first-order valence-corrected chi connectivity index (χ1v) is 7.24. The summed E-state index contributed by atoms with van der Waals surface area (Å²) in [4.78, 5) is 8.08. The molecule has 0 amide bonds. The molecule has 3 unspecified atom stereocenters. The standard InChI is InChI=1S/C15H15ClN4/c16-11-7-12(20-15(17)18-11)19-14-10-6-5-8-3-1-2-4-9(8)13(10)14/h1-4,7,10,13-14H,5-6H2,(H3,17,18,19,20). The van der Waals surface area contributed by atoms with Crippen LogP contribution >= 0.6 is 11.6 Å². The summed E-state index contributed by atoms with van der Waals surface area (Å²) >= 11 is 5.92. The van der Waals surface area contributed by atoms with Crippen LogP contribution in [0.5, 0.6) is 0 Å². The Hall–Kier alpha value is -1.81. The number of aromatic nitrogens is 2. The highest BCUT2D eigenvalue weighted by atomic mass is 35.5. The highest BCUT2D eigenvalue weighted by Crippen LogP contribution is 2.55. The van der Waals surface area contributed by atoms with Gasteiger partial charge in [0.1, 0.15) is 11.0 Å². The number of benzene rings is 1. The molecule has 1 fully saturated rings. The third kappa shape index (κ3) is 1.91. The molecule has 20 heavy (non-hydrogen) atoms. The van der Waals surface area contributed by atoms with Crippen LogP contribution in [0.4, 0.5) is 11.8 Å². The van der Waals surface area contributed by atoms with Gasteiger partial charge >= 0.3 is 0 Å². The van der Waals surface area contributed by atoms with Crippen molar-refractivity contribution in [2.45, 2.75) is 24.8 Å². The fourth-order valence-electron chi connectivity index (χ4n) is 3.44. The van der Waals surface area contributed by atoms with Crippen LogP contribution in [0, 0.1) is 5.92 Å². The molecule has 0 spiro atoms. The number of hydrogen-bond donors (Lipinski definition) is 2. The molecule has 4 rings (SSSR count). The first-order chi connectivity index (χ1) is 9.72. The average molecular weight is 287 g/mol. The lowest BCUT2D eigenvalue weighted by Crippen LogP contribution is -2.08. The van der Waals surface area contributed by atoms with Crippen LogP contribution < -0.4 is 11.1 Å². The molecule has 1 saturated carbocycles. The van der Waals surface area contributed by atoms with E-state index in [2.05, 4.69) is 39.6 Å². The summed E-state index contributed by atoms with van der Waals surface area (Å²) in [5, 5.41) is 3.84. The topological polar surface area (TPSA) is 63.8 Å². The van der Waals surface area contributed by atoms with Gasteiger partial charge in [-0.3, -0.25) is 0 Å². The SMILES string of the molecule is Nc1nc(Cl)cc(NC2C3CCc4ccccc4C32)n1. The van der Waals surface area contributed by atoms with Gasteiger partial charge in [-0.2, -0.15) is 4.98 Å². The van der Waals surface area contributed by atoms with Crippen LogP contribution in [0.3, 0.4) is 0 Å². The van der Waals surface area contributed by atoms with Crippen molar-refractivity contribution in [3.63, 3.8) is 0 Å². The van der Waals surface area contributed by atoms with Gasteiger partial charge in [-0.15, -0.1) is 0 Å². The smallest absolute Gasteiger partial charge is 0.223 e. The maximum Gasteiger partial charge on any atom is 0.223 e. The second kappa shape index (κ2) is 4.35. The number of anilines is 2. The van der Waals surface area contributed by atoms with E-state index < -0.39 is 0 Å². The van der Waals surface area contributed by atoms with Crippen LogP contribution in [-0.4, -0.2) is 16.0 Å². The Morgan fingerprint density at radius 2 is 2.10 bits per heavy atom. The van der Waals surface area contributed by atoms with E-state index >= 15 is 0 Å². The molecule has 4 nitrogen and oxygen atoms in total. The minimum Gasteiger partial charge on any atom is -0.368 e. The number of hydrogen-bond acceptors (Lipinski definition) is 4. The first kappa shape index (κ1) is 12.0. The number of halogens is 1. The lowest BCUT2D eigenvalue weighted by atomic mass is 9.92. The minimum absolute atomic E-state index is 0.212. The van der Waals surface area contributed by atoms with Crippen molar-refractivity contribution < 1.29 is 0 Å². The molecule has 2 aliphatic carbocycles. The third-order valence-electron chi connectivity index (χ3n) is 4.36. The summed E-state index contributed by atoms with van der Waals surface area (Å²) in [7, 11) is 0. The van der Waals surface area contributed by atoms with Crippen LogP contribution in [-0.2, 0) is 6.42 Å². The van der Waals surface area contributed by atoms with Gasteiger partial charge in [0.25, 0.3) is 0 Å². The van der Waals surface area contributed by atoms with Gasteiger partial charge < -0.3 is 11.1 Å². The van der Waals surface area contributed by atoms with Gasteiger partial charge in [0.15, 0.2) is 0 Å². The predicted octanol–water partition coefficient (Wildman–Crippen LogP) is 2.85. The molecule has 5 heteroatoms. The zero-order valence-corrected chi connectivity index (χ0v) is 11.6. The Labute approximate surface area is 122 Å². The Bertz CT molecular complexity index is 652. The molecule has 0 radical (unpaired) electrons. The molecule has 1 aromatic carbocycles. The molecule has 0 saturated heterocycles. The second-order valence-corrected chi connectivity index (χ2v) is 5.92. The Morgan fingerprint density at radius 1 is 1.25 bits per heavy atom. The molecular formula is C15H15ClN4. The lowest BCUT2D eigenvalue weighted by Gasteiger charge is -2.13. The van der Waals surface area contributed by atoms with Crippen molar-refractivity contribution in [3.8, 4) is 0 Å². The van der Waals surface area contributed by atoms with Gasteiger partial charge in [-0.25, -0.2) is 4.98 Å². The number of nitrogens with one attached hydrogen (secondary N) is 1. The quantitative estimate of drug-likeness (QED) is 0.833. The van der Waals surface area contributed by atoms with Crippen molar-refractivity contribution >= 4 is 23.4 Å². The fraction of sp³-hybridized carbons (Fsp3) is 0.333. The fourth-order valence-corrected chi connectivity index (χ4v) is 3.63. The molecule has 1 heterocycles. The van der Waals surface area contributed by atoms with E-state index in [0.717, 1.165) is 5.82 Å². The Balaban J connectivity index is 1.58. The van der Waals surface area contributed by atoms with Gasteiger partial charge in [-0.05, 0) is 29.9 Å². The van der Waals surface area contributed by atoms with Crippen LogP contribution in [0.2, 0.25) is 5.15 Å². The zero-order valence-electron chi connectivity index (χ0n) is 10.9. The van der Waals surface area contributed by atoms with Crippen LogP contribution in [0.25, 0.3) is 0 Å². The molecule has 1 aromatic heterocycles. The molecule has 102 valence electrons. The van der Waals surface area contributed by atoms with Crippen LogP contribution in [0.15, 0.2) is 30.3 Å². The molecule has 3 atom stereocenters. The van der Waals surface area contributed by atoms with E-state index in [1.54, 1.807) is 6.07 Å². The minimum atomic E-state index is 0.212. The predicted molar refractivity (Wildman–Crippen MR) is 79.9 cm³/mol. The molecular weight excluding hydrogens is 272 g/mol. The van der Waals surface area contributed by atoms with Crippen molar-refractivity contribution in [3.05, 3.63) is 46.6 Å². The molecule has 2 aromatic rings. The molecule has 2 aliphatic rings. The van der Waals surface area contributed by atoms with Crippen molar-refractivity contribution in [1.29, 1.82) is 0 Å². The number of nitrogens with two attached hydrogens (primary N) is 1. The van der Waals surface area contributed by atoms with Crippen molar-refractivity contribution in [1.82, 2.24) is 9.97 Å². The maximum absolute atomic E-state index is 5.92. The van der Waals surface area contributed by atoms with E-state index in [-0.39, 0.29) is 5.95 Å². The summed E-state index contributed by atoms with van der Waals surface area (Å²) in [5.41, 5.74) is 8.60. The van der Waals surface area contributed by atoms with E-state index in [9.17, 15) is 0 Å². The highest BCUT2D eigenvalue weighted by Gasteiger charge is 2.53. The Kier molecular flexibility index (Phi) is 2.60. The second-order valence-electron chi connectivity index (χ2n) is 5.53. The average Bonchev–Trinajstić information content (AvgIpc) is 3.11. The molecule has 0 aliphatic heterocycles. The van der Waals surface area contributed by atoms with Gasteiger partial charge in [0.05, 0.1) is 0 Å². The molecule has 3 N–H and O–H groups in total. The molecule has 0 bridgehead atoms. The third-order valence-corrected chi connectivity index (χ3v) is 4.55. The number of rotatable bonds is 2. The van der Waals surface area contributed by atoms with Crippen LogP contribution in [0.1, 0.15) is 23.5 Å². The van der Waals surface area contributed by atoms with Gasteiger partial charge in [0, 0.05) is 18.0 Å². The summed E-state index contributed by atoms with van der Waals surface area (Å²) in [5.74, 6) is 2.22. The highest BCUT2D eigenvalue weighted by molar-refractivity contribution is 6.29. The maximum atomic E-state index is 5.92. The monoisotopic (exact) mass is 286 g/mol. The zero-order chi connectivity index (χ0) is 13.7. The van der Waals surface area contributed by atoms with E-state index in [0.29, 0.717) is 23.0 Å². The number of nitrogens with zero attached hydrogens (tertiary/aromatic N) is 2. The summed E-state index contributed by atoms with van der Waals surface area (Å²) in [6.07, 6.45) is 2.40. The Morgan fingerprint density at radius 3 is 2.95 bits per heavy atom. The van der Waals surface area contributed by atoms with E-state index in [1.165, 1.54) is 24.0 Å². The normalized spacial score (nSPS) is 26.6.